The van der Waals surface area contributed by atoms with E-state index in [4.69, 9.17) is 35.6 Å². The summed E-state index contributed by atoms with van der Waals surface area (Å²) < 4.78 is 31.5. The molecule has 0 saturated heterocycles. The van der Waals surface area contributed by atoms with Crippen molar-refractivity contribution in [3.8, 4) is 17.6 Å². The molecule has 3 rings (SSSR count). The molecule has 1 aromatic carbocycles. The van der Waals surface area contributed by atoms with Crippen LogP contribution in [-0.2, 0) is 17.8 Å². The van der Waals surface area contributed by atoms with E-state index in [2.05, 4.69) is 55.5 Å². The molecule has 43 heavy (non-hydrogen) atoms. The molecule has 0 N–H and O–H groups in total. The Hall–Kier alpha value is -1.79. The Labute approximate surface area is 274 Å². The largest absolute Gasteiger partial charge is 0.540 e. The van der Waals surface area contributed by atoms with Crippen molar-refractivity contribution in [3.63, 3.8) is 0 Å². The number of thioether (sulfide) groups is 4. The van der Waals surface area contributed by atoms with Gasteiger partial charge in [0, 0.05) is 0 Å². The zero-order chi connectivity index (χ0) is 32.3. The van der Waals surface area contributed by atoms with Crippen LogP contribution in [-0.4, -0.2) is 52.0 Å². The maximum atomic E-state index is 13.2. The van der Waals surface area contributed by atoms with Crippen LogP contribution in [0.5, 0.6) is 11.5 Å². The predicted octanol–water partition coefficient (Wildman–Crippen LogP) is 8.75. The van der Waals surface area contributed by atoms with Gasteiger partial charge in [0.25, 0.3) is 0 Å². The number of esters is 1. The molecule has 0 aromatic heterocycles. The third-order valence-corrected chi connectivity index (χ3v) is 20.5. The number of fused-ring (bicyclic) bond motifs is 2. The van der Waals surface area contributed by atoms with E-state index in [0.717, 1.165) is 9.79 Å². The van der Waals surface area contributed by atoms with E-state index in [1.165, 1.54) is 47.0 Å². The highest BCUT2D eigenvalue weighted by molar-refractivity contribution is 8.26. The van der Waals surface area contributed by atoms with Crippen LogP contribution in [0.3, 0.4) is 0 Å². The Balaban J connectivity index is 1.84. The lowest BCUT2D eigenvalue weighted by Crippen LogP contribution is -2.53. The summed E-state index contributed by atoms with van der Waals surface area (Å²) in [6.07, 6.45) is 0. The van der Waals surface area contributed by atoms with Crippen molar-refractivity contribution in [3.05, 3.63) is 42.7 Å². The molecular formula is C27H35N3O6S4Si3. The third-order valence-electron chi connectivity index (χ3n) is 5.60. The van der Waals surface area contributed by atoms with Crippen LogP contribution in [0.1, 0.15) is 6.92 Å². The molecule has 1 unspecified atom stereocenters. The van der Waals surface area contributed by atoms with Gasteiger partial charge >= 0.3 is 20.4 Å². The first kappa shape index (κ1) is 35.7. The summed E-state index contributed by atoms with van der Waals surface area (Å²) in [5, 5.41) is 10.0. The first-order valence-electron chi connectivity index (χ1n) is 13.2. The topological polar surface area (TPSA) is 95.7 Å². The van der Waals surface area contributed by atoms with Gasteiger partial charge in [0.1, 0.15) is 34.9 Å². The lowest BCUT2D eigenvalue weighted by molar-refractivity contribution is -0.139. The molecule has 2 aliphatic rings. The van der Waals surface area contributed by atoms with Crippen LogP contribution in [0.15, 0.2) is 39.5 Å². The van der Waals surface area contributed by atoms with Gasteiger partial charge in [0.05, 0.1) is 44.6 Å². The maximum Gasteiger partial charge on any atom is 0.540 e. The Morgan fingerprint density at radius 3 is 1.60 bits per heavy atom. The normalized spacial score (nSPS) is 15.0. The first-order chi connectivity index (χ1) is 20.0. The minimum absolute atomic E-state index is 0.0119. The van der Waals surface area contributed by atoms with E-state index in [1.807, 2.05) is 13.0 Å². The molecule has 2 aliphatic heterocycles. The van der Waals surface area contributed by atoms with Gasteiger partial charge in [-0.3, -0.25) is 0 Å². The van der Waals surface area contributed by atoms with Crippen molar-refractivity contribution >= 4 is 78.2 Å². The van der Waals surface area contributed by atoms with E-state index in [-0.39, 0.29) is 23.9 Å². The summed E-state index contributed by atoms with van der Waals surface area (Å²) in [6.45, 7) is 31.8. The van der Waals surface area contributed by atoms with E-state index >= 15 is 0 Å². The zero-order valence-corrected chi connectivity index (χ0v) is 32.2. The molecule has 9 nitrogen and oxygen atoms in total. The van der Waals surface area contributed by atoms with E-state index in [1.54, 1.807) is 14.2 Å². The number of rotatable bonds is 11. The molecule has 0 spiro atoms. The summed E-state index contributed by atoms with van der Waals surface area (Å²) in [5.74, 6) is 0.384. The second kappa shape index (κ2) is 14.1. The van der Waals surface area contributed by atoms with Gasteiger partial charge in [0.15, 0.2) is 22.2 Å². The van der Waals surface area contributed by atoms with Gasteiger partial charge < -0.3 is 22.4 Å². The molecule has 1 aromatic rings. The molecule has 2 heterocycles. The Morgan fingerprint density at radius 1 is 0.837 bits per heavy atom. The van der Waals surface area contributed by atoms with Crippen molar-refractivity contribution in [2.45, 2.75) is 78.4 Å². The average molecular weight is 710 g/mol. The highest BCUT2D eigenvalue weighted by atomic mass is 32.2. The fourth-order valence-corrected chi connectivity index (χ4v) is 23.0. The standard InChI is InChI=1S/C27H35N3O6S4Si3/c1-16(15-43(12,35-41(6,7)8)36-42(9,10)11)14-34-25(31)17(13-28)26-37-20-18(32-4)22-23(19(33-5)21(20)38-26)40-27(39-22)24(29-2)30-3/h16H,14-15H2,1,4-12H3. The third kappa shape index (κ3) is 8.69. The van der Waals surface area contributed by atoms with Gasteiger partial charge in [-0.25, -0.2) is 4.79 Å². The van der Waals surface area contributed by atoms with Gasteiger partial charge in [0.2, 0.25) is 0 Å². The number of methoxy groups -OCH3 is 2. The van der Waals surface area contributed by atoms with Gasteiger partial charge in [-0.15, -0.1) is 0 Å². The smallest absolute Gasteiger partial charge is 0.494 e. The summed E-state index contributed by atoms with van der Waals surface area (Å²) in [4.78, 5) is 22.8. The first-order valence-corrected chi connectivity index (χ1v) is 25.8. The number of hydrogen-bond acceptors (Lipinski definition) is 11. The highest BCUT2D eigenvalue weighted by Gasteiger charge is 2.42. The monoisotopic (exact) mass is 709 g/mol. The predicted molar refractivity (Wildman–Crippen MR) is 181 cm³/mol. The minimum Gasteiger partial charge on any atom is -0.494 e. The van der Waals surface area contributed by atoms with Crippen molar-refractivity contribution in [2.75, 3.05) is 20.8 Å². The fourth-order valence-electron chi connectivity index (χ4n) is 4.64. The Morgan fingerprint density at radius 2 is 1.26 bits per heavy atom. The van der Waals surface area contributed by atoms with Gasteiger partial charge in [-0.1, -0.05) is 54.0 Å². The van der Waals surface area contributed by atoms with Crippen molar-refractivity contribution < 1.29 is 27.2 Å². The summed E-state index contributed by atoms with van der Waals surface area (Å²) >= 11 is 5.08. The Kier molecular flexibility index (Phi) is 11.7. The summed E-state index contributed by atoms with van der Waals surface area (Å²) in [5.41, 5.74) is -0.0800. The quantitative estimate of drug-likeness (QED) is 0.0726. The lowest BCUT2D eigenvalue weighted by atomic mass is 10.2. The summed E-state index contributed by atoms with van der Waals surface area (Å²) in [6, 6.07) is 2.73. The van der Waals surface area contributed by atoms with Crippen LogP contribution in [0.25, 0.3) is 9.69 Å². The van der Waals surface area contributed by atoms with Crippen LogP contribution < -0.4 is 9.47 Å². The molecule has 0 bridgehead atoms. The van der Waals surface area contributed by atoms with Crippen LogP contribution >= 0.6 is 47.0 Å². The molecule has 0 amide bonds. The second-order valence-corrected chi connectivity index (χ2v) is 29.2. The Bertz CT molecular complexity index is 1420. The molecule has 16 heteroatoms. The second-order valence-electron chi connectivity index (χ2n) is 11.9. The number of carbonyl (C=O) groups is 1. The SMILES string of the molecule is [C-]#[N+]C([N+]#[C-])=C1Sc2c(OC)c3c(c(OC)c2S1)SC(=C(C#N)C(=O)OCC(C)C[Si](C)(O[Si](C)(C)C)O[Si](C)(C)C)S3. The molecule has 0 aliphatic carbocycles. The average Bonchev–Trinajstić information content (AvgIpc) is 3.49. The maximum absolute atomic E-state index is 13.2. The number of benzene rings is 1. The lowest BCUT2D eigenvalue weighted by Gasteiger charge is -2.39. The molecule has 1 atom stereocenters. The minimum atomic E-state index is -2.53. The molecule has 230 valence electrons. The van der Waals surface area contributed by atoms with Crippen LogP contribution in [0.2, 0.25) is 51.9 Å². The summed E-state index contributed by atoms with van der Waals surface area (Å²) in [7, 11) is -3.18. The van der Waals surface area contributed by atoms with E-state index in [0.29, 0.717) is 35.8 Å². The van der Waals surface area contributed by atoms with Gasteiger partial charge in [-0.05, 0) is 57.8 Å². The molecular weight excluding hydrogens is 675 g/mol. The van der Waals surface area contributed by atoms with Crippen molar-refractivity contribution in [2.24, 2.45) is 5.92 Å². The number of carbonyl (C=O) groups excluding carboxylic acids is 1. The molecule has 0 radical (unpaired) electrons. The van der Waals surface area contributed by atoms with Gasteiger partial charge in [-0.2, -0.15) is 15.0 Å². The van der Waals surface area contributed by atoms with E-state index < -0.39 is 31.2 Å². The fraction of sp³-hybridized carbons (Fsp3) is 0.481. The zero-order valence-electron chi connectivity index (χ0n) is 25.9. The van der Waals surface area contributed by atoms with Crippen LogP contribution in [0, 0.1) is 30.4 Å². The number of nitrogens with zero attached hydrogens (tertiary/aromatic N) is 3. The number of nitriles is 1. The van der Waals surface area contributed by atoms with Crippen LogP contribution in [0.4, 0.5) is 0 Å². The van der Waals surface area contributed by atoms with Crippen molar-refractivity contribution in [1.29, 1.82) is 5.26 Å². The number of ether oxygens (including phenoxy) is 3. The molecule has 0 saturated carbocycles. The van der Waals surface area contributed by atoms with E-state index in [9.17, 15) is 10.1 Å². The number of hydrogen-bond donors (Lipinski definition) is 0. The van der Waals surface area contributed by atoms with Crippen molar-refractivity contribution in [1.82, 2.24) is 0 Å². The molecule has 0 fully saturated rings. The highest BCUT2D eigenvalue weighted by Crippen LogP contribution is 2.68.